The monoisotopic (exact) mass is 330 g/mol. The van der Waals surface area contributed by atoms with E-state index in [1.807, 2.05) is 5.38 Å². The van der Waals surface area contributed by atoms with Gasteiger partial charge in [-0.1, -0.05) is 31.2 Å². The quantitative estimate of drug-likeness (QED) is 0.820. The summed E-state index contributed by atoms with van der Waals surface area (Å²) in [5.41, 5.74) is 3.15. The molecule has 1 aromatic heterocycles. The van der Waals surface area contributed by atoms with Crippen molar-refractivity contribution in [2.45, 2.75) is 32.6 Å². The van der Waals surface area contributed by atoms with Gasteiger partial charge in [0.25, 0.3) is 0 Å². The number of nitrogens with one attached hydrogen (secondary N) is 1. The molecule has 1 aliphatic carbocycles. The summed E-state index contributed by atoms with van der Waals surface area (Å²) in [6.07, 6.45) is 3.32. The van der Waals surface area contributed by atoms with Crippen LogP contribution in [0.2, 0.25) is 0 Å². The average molecular weight is 330 g/mol. The van der Waals surface area contributed by atoms with Gasteiger partial charge in [0.1, 0.15) is 5.01 Å². The van der Waals surface area contributed by atoms with Gasteiger partial charge < -0.3 is 10.4 Å². The lowest BCUT2D eigenvalue weighted by Crippen LogP contribution is -2.32. The molecule has 23 heavy (non-hydrogen) atoms. The van der Waals surface area contributed by atoms with Crippen molar-refractivity contribution in [1.29, 1.82) is 0 Å². The minimum Gasteiger partial charge on any atom is -0.396 e. The number of benzene rings is 1. The number of hydrogen-bond donors (Lipinski definition) is 2. The van der Waals surface area contributed by atoms with E-state index in [4.69, 9.17) is 0 Å². The molecule has 2 N–H and O–H groups in total. The molecule has 1 aliphatic rings. The number of aromatic nitrogens is 1. The highest BCUT2D eigenvalue weighted by molar-refractivity contribution is 7.13. The molecule has 2 aromatic rings. The lowest BCUT2D eigenvalue weighted by molar-refractivity contribution is -0.120. The molecule has 1 saturated carbocycles. The van der Waals surface area contributed by atoms with Crippen molar-refractivity contribution in [3.05, 3.63) is 40.9 Å². The standard InChI is InChI=1S/C18H22N2O2S/c1-2-13-3-5-14(6-4-13)17-20-15(10-23-17)9-16(22)19-11-18(12-21)7-8-18/h3-6,10,21H,2,7-9,11-12H2,1H3,(H,19,22). The summed E-state index contributed by atoms with van der Waals surface area (Å²) in [5.74, 6) is -0.0251. The van der Waals surface area contributed by atoms with E-state index in [0.717, 1.165) is 35.5 Å². The van der Waals surface area contributed by atoms with Crippen molar-refractivity contribution in [3.63, 3.8) is 0 Å². The van der Waals surface area contributed by atoms with Gasteiger partial charge in [0.05, 0.1) is 18.7 Å². The predicted molar refractivity (Wildman–Crippen MR) is 92.4 cm³/mol. The van der Waals surface area contributed by atoms with Crippen LogP contribution < -0.4 is 5.32 Å². The third kappa shape index (κ3) is 3.98. The zero-order valence-electron chi connectivity index (χ0n) is 13.3. The maximum absolute atomic E-state index is 12.0. The second kappa shape index (κ2) is 6.81. The Morgan fingerprint density at radius 1 is 1.35 bits per heavy atom. The first-order valence-corrected chi connectivity index (χ1v) is 8.93. The Bertz CT molecular complexity index is 675. The van der Waals surface area contributed by atoms with Crippen molar-refractivity contribution < 1.29 is 9.90 Å². The summed E-state index contributed by atoms with van der Waals surface area (Å²) >= 11 is 1.57. The van der Waals surface area contributed by atoms with E-state index in [1.165, 1.54) is 5.56 Å². The largest absolute Gasteiger partial charge is 0.396 e. The second-order valence-electron chi connectivity index (χ2n) is 6.31. The number of aryl methyl sites for hydroxylation is 1. The summed E-state index contributed by atoms with van der Waals surface area (Å²) in [5, 5.41) is 15.1. The van der Waals surface area contributed by atoms with Crippen molar-refractivity contribution in [1.82, 2.24) is 10.3 Å². The zero-order chi connectivity index (χ0) is 16.3. The average Bonchev–Trinajstić information content (AvgIpc) is 3.23. The fourth-order valence-electron chi connectivity index (χ4n) is 2.48. The van der Waals surface area contributed by atoms with Crippen molar-refractivity contribution in [2.75, 3.05) is 13.2 Å². The minimum atomic E-state index is -0.0517. The van der Waals surface area contributed by atoms with E-state index in [2.05, 4.69) is 41.5 Å². The number of carbonyl (C=O) groups excluding carboxylic acids is 1. The molecular weight excluding hydrogens is 308 g/mol. The number of nitrogens with zero attached hydrogens (tertiary/aromatic N) is 1. The predicted octanol–water partition coefficient (Wildman–Crippen LogP) is 2.80. The number of carbonyl (C=O) groups is 1. The van der Waals surface area contributed by atoms with Gasteiger partial charge in [0.15, 0.2) is 0 Å². The molecule has 122 valence electrons. The Labute approximate surface area is 140 Å². The van der Waals surface area contributed by atoms with E-state index >= 15 is 0 Å². The third-order valence-electron chi connectivity index (χ3n) is 4.46. The maximum Gasteiger partial charge on any atom is 0.226 e. The molecular formula is C18H22N2O2S. The minimum absolute atomic E-state index is 0.0251. The zero-order valence-corrected chi connectivity index (χ0v) is 14.2. The molecule has 0 bridgehead atoms. The van der Waals surface area contributed by atoms with Gasteiger partial charge >= 0.3 is 0 Å². The third-order valence-corrected chi connectivity index (χ3v) is 5.40. The van der Waals surface area contributed by atoms with Gasteiger partial charge in [-0.3, -0.25) is 4.79 Å². The van der Waals surface area contributed by atoms with E-state index in [1.54, 1.807) is 11.3 Å². The first kappa shape index (κ1) is 16.1. The topological polar surface area (TPSA) is 62.2 Å². The van der Waals surface area contributed by atoms with Crippen LogP contribution in [0.25, 0.3) is 10.6 Å². The van der Waals surface area contributed by atoms with Crippen LogP contribution in [0.3, 0.4) is 0 Å². The number of aliphatic hydroxyl groups is 1. The normalized spacial score (nSPS) is 15.4. The Kier molecular flexibility index (Phi) is 4.78. The number of aliphatic hydroxyl groups excluding tert-OH is 1. The number of rotatable bonds is 7. The number of thiazole rings is 1. The van der Waals surface area contributed by atoms with Gasteiger partial charge in [0, 0.05) is 22.9 Å². The molecule has 1 heterocycles. The van der Waals surface area contributed by atoms with Gasteiger partial charge in [-0.2, -0.15) is 0 Å². The maximum atomic E-state index is 12.0. The molecule has 1 fully saturated rings. The second-order valence-corrected chi connectivity index (χ2v) is 7.16. The molecule has 1 amide bonds. The van der Waals surface area contributed by atoms with Gasteiger partial charge in [-0.15, -0.1) is 11.3 Å². The highest BCUT2D eigenvalue weighted by Gasteiger charge is 2.42. The molecule has 0 unspecified atom stereocenters. The summed E-state index contributed by atoms with van der Waals surface area (Å²) in [4.78, 5) is 16.6. The fourth-order valence-corrected chi connectivity index (χ4v) is 3.31. The van der Waals surface area contributed by atoms with Crippen LogP contribution in [0.5, 0.6) is 0 Å². The van der Waals surface area contributed by atoms with Crippen molar-refractivity contribution in [2.24, 2.45) is 5.41 Å². The van der Waals surface area contributed by atoms with E-state index in [-0.39, 0.29) is 17.9 Å². The van der Waals surface area contributed by atoms with Crippen LogP contribution in [0.15, 0.2) is 29.6 Å². The van der Waals surface area contributed by atoms with Crippen LogP contribution in [-0.4, -0.2) is 29.1 Å². The molecule has 0 saturated heterocycles. The van der Waals surface area contributed by atoms with Gasteiger partial charge in [0.2, 0.25) is 5.91 Å². The van der Waals surface area contributed by atoms with Crippen molar-refractivity contribution >= 4 is 17.2 Å². The van der Waals surface area contributed by atoms with Crippen molar-refractivity contribution in [3.8, 4) is 10.6 Å². The molecule has 0 spiro atoms. The highest BCUT2D eigenvalue weighted by atomic mass is 32.1. The molecule has 5 heteroatoms. The Balaban J connectivity index is 1.57. The van der Waals surface area contributed by atoms with E-state index < -0.39 is 0 Å². The smallest absolute Gasteiger partial charge is 0.226 e. The lowest BCUT2D eigenvalue weighted by atomic mass is 10.1. The fraction of sp³-hybridized carbons (Fsp3) is 0.444. The Morgan fingerprint density at radius 3 is 2.70 bits per heavy atom. The van der Waals surface area contributed by atoms with Crippen LogP contribution >= 0.6 is 11.3 Å². The Morgan fingerprint density at radius 2 is 2.09 bits per heavy atom. The molecule has 3 rings (SSSR count). The highest BCUT2D eigenvalue weighted by Crippen LogP contribution is 2.44. The SMILES string of the molecule is CCc1ccc(-c2nc(CC(=O)NCC3(CO)CC3)cs2)cc1. The first-order chi connectivity index (χ1) is 11.1. The molecule has 4 nitrogen and oxygen atoms in total. The Hall–Kier alpha value is -1.72. The molecule has 0 radical (unpaired) electrons. The number of amides is 1. The van der Waals surface area contributed by atoms with E-state index in [9.17, 15) is 9.90 Å². The van der Waals surface area contributed by atoms with E-state index in [0.29, 0.717) is 13.0 Å². The summed E-state index contributed by atoms with van der Waals surface area (Å²) in [7, 11) is 0. The summed E-state index contributed by atoms with van der Waals surface area (Å²) < 4.78 is 0. The van der Waals surface area contributed by atoms with Crippen LogP contribution in [0.1, 0.15) is 31.0 Å². The first-order valence-electron chi connectivity index (χ1n) is 8.05. The van der Waals surface area contributed by atoms with Crippen LogP contribution in [0, 0.1) is 5.41 Å². The van der Waals surface area contributed by atoms with Gasteiger partial charge in [-0.25, -0.2) is 4.98 Å². The molecule has 1 aromatic carbocycles. The summed E-state index contributed by atoms with van der Waals surface area (Å²) in [6.45, 7) is 2.86. The molecule has 0 atom stereocenters. The van der Waals surface area contributed by atoms with Gasteiger partial charge in [-0.05, 0) is 24.8 Å². The lowest BCUT2D eigenvalue weighted by Gasteiger charge is -2.12. The molecule has 0 aliphatic heterocycles. The van der Waals surface area contributed by atoms with Crippen LogP contribution in [-0.2, 0) is 17.6 Å². The number of hydrogen-bond acceptors (Lipinski definition) is 4. The van der Waals surface area contributed by atoms with Crippen LogP contribution in [0.4, 0.5) is 0 Å². The summed E-state index contributed by atoms with van der Waals surface area (Å²) in [6, 6.07) is 8.40.